The van der Waals surface area contributed by atoms with Crippen LogP contribution in [0.15, 0.2) is 0 Å². The molecule has 0 saturated carbocycles. The topological polar surface area (TPSA) is 3.24 Å². The predicted molar refractivity (Wildman–Crippen MR) is 101 cm³/mol. The van der Waals surface area contributed by atoms with E-state index in [1.54, 1.807) is 0 Å². The van der Waals surface area contributed by atoms with E-state index in [1.165, 1.54) is 90.1 Å². The number of nitrogens with zero attached hydrogens (tertiary/aromatic N) is 1. The molecule has 1 aliphatic rings. The summed E-state index contributed by atoms with van der Waals surface area (Å²) < 4.78 is 0. The van der Waals surface area contributed by atoms with Crippen LogP contribution in [0.5, 0.6) is 0 Å². The number of hydrogen-bond donors (Lipinski definition) is 0. The van der Waals surface area contributed by atoms with Crippen molar-refractivity contribution in [3.8, 4) is 0 Å². The molecule has 132 valence electrons. The maximum Gasteiger partial charge on any atom is 0.0181 e. The molecule has 1 nitrogen and oxygen atoms in total. The highest BCUT2D eigenvalue weighted by Gasteiger charge is 2.46. The van der Waals surface area contributed by atoms with Crippen LogP contribution >= 0.6 is 0 Å². The van der Waals surface area contributed by atoms with Crippen molar-refractivity contribution in [2.75, 3.05) is 13.1 Å². The van der Waals surface area contributed by atoms with Gasteiger partial charge in [0.1, 0.15) is 0 Å². The third-order valence-electron chi connectivity index (χ3n) is 6.45. The van der Waals surface area contributed by atoms with Crippen molar-refractivity contribution in [1.29, 1.82) is 0 Å². The lowest BCUT2D eigenvalue weighted by molar-refractivity contribution is -0.0845. The summed E-state index contributed by atoms with van der Waals surface area (Å²) in [5.41, 5.74) is 1.13. The summed E-state index contributed by atoms with van der Waals surface area (Å²) in [6, 6.07) is 0. The average Bonchev–Trinajstić information content (AvgIpc) is 2.48. The van der Waals surface area contributed by atoms with Crippen LogP contribution in [-0.4, -0.2) is 23.5 Å². The Morgan fingerprint density at radius 3 is 1.55 bits per heavy atom. The fourth-order valence-corrected chi connectivity index (χ4v) is 4.15. The first kappa shape index (κ1) is 20.0. The van der Waals surface area contributed by atoms with Crippen molar-refractivity contribution < 1.29 is 0 Å². The molecule has 0 amide bonds. The Labute approximate surface area is 141 Å². The summed E-state index contributed by atoms with van der Waals surface area (Å²) in [6.07, 6.45) is 16.8. The van der Waals surface area contributed by atoms with Crippen molar-refractivity contribution >= 4 is 0 Å². The van der Waals surface area contributed by atoms with Crippen LogP contribution in [0.1, 0.15) is 112 Å². The molecule has 0 aromatic carbocycles. The van der Waals surface area contributed by atoms with Crippen molar-refractivity contribution in [1.82, 2.24) is 4.90 Å². The normalized spacial score (nSPS) is 18.4. The van der Waals surface area contributed by atoms with E-state index in [9.17, 15) is 0 Å². The van der Waals surface area contributed by atoms with Crippen LogP contribution in [0.3, 0.4) is 0 Å². The molecule has 1 rings (SSSR count). The molecule has 1 heteroatoms. The second-order valence-corrected chi connectivity index (χ2v) is 8.18. The van der Waals surface area contributed by atoms with E-state index >= 15 is 0 Å². The largest absolute Gasteiger partial charge is 0.297 e. The predicted octanol–water partition coefficient (Wildman–Crippen LogP) is 6.81. The SMILES string of the molecule is CCCCCCC(C)(CCCCCC)N1CC(CC)(CC)C1. The fraction of sp³-hybridized carbons (Fsp3) is 1.00. The molecule has 1 fully saturated rings. The van der Waals surface area contributed by atoms with Crippen LogP contribution in [-0.2, 0) is 0 Å². The Kier molecular flexibility index (Phi) is 9.05. The van der Waals surface area contributed by atoms with Gasteiger partial charge in [-0.3, -0.25) is 4.90 Å². The molecule has 1 saturated heterocycles. The lowest BCUT2D eigenvalue weighted by Crippen LogP contribution is -2.64. The van der Waals surface area contributed by atoms with E-state index < -0.39 is 0 Å². The van der Waals surface area contributed by atoms with Crippen molar-refractivity contribution in [2.45, 2.75) is 117 Å². The Hall–Kier alpha value is -0.0400. The lowest BCUT2D eigenvalue weighted by atomic mass is 9.71. The van der Waals surface area contributed by atoms with Gasteiger partial charge in [0.05, 0.1) is 0 Å². The highest BCUT2D eigenvalue weighted by atomic mass is 15.3. The third-order valence-corrected chi connectivity index (χ3v) is 6.45. The number of unbranched alkanes of at least 4 members (excludes halogenated alkanes) is 6. The maximum absolute atomic E-state index is 2.85. The van der Waals surface area contributed by atoms with E-state index in [2.05, 4.69) is 39.5 Å². The summed E-state index contributed by atoms with van der Waals surface area (Å²) in [4.78, 5) is 2.85. The highest BCUT2D eigenvalue weighted by molar-refractivity contribution is 5.01. The first-order valence-corrected chi connectivity index (χ1v) is 10.3. The molecule has 0 N–H and O–H groups in total. The zero-order valence-corrected chi connectivity index (χ0v) is 16.3. The summed E-state index contributed by atoms with van der Waals surface area (Å²) in [5, 5.41) is 0. The van der Waals surface area contributed by atoms with Crippen LogP contribution in [0.4, 0.5) is 0 Å². The van der Waals surface area contributed by atoms with E-state index in [0.29, 0.717) is 11.0 Å². The van der Waals surface area contributed by atoms with Gasteiger partial charge in [0, 0.05) is 18.6 Å². The highest BCUT2D eigenvalue weighted by Crippen LogP contribution is 2.44. The molecule has 1 heterocycles. The van der Waals surface area contributed by atoms with Gasteiger partial charge < -0.3 is 0 Å². The first-order valence-electron chi connectivity index (χ1n) is 10.3. The standard InChI is InChI=1S/C21H43N/c1-6-10-12-14-16-20(5,17-15-13-11-7-2)22-18-21(8-3,9-4)19-22/h6-19H2,1-5H3. The van der Waals surface area contributed by atoms with Crippen LogP contribution < -0.4 is 0 Å². The van der Waals surface area contributed by atoms with Crippen molar-refractivity contribution in [2.24, 2.45) is 5.41 Å². The van der Waals surface area contributed by atoms with Gasteiger partial charge in [0.15, 0.2) is 0 Å². The molecule has 22 heavy (non-hydrogen) atoms. The third kappa shape index (κ3) is 5.55. The lowest BCUT2D eigenvalue weighted by Gasteiger charge is -2.58. The second-order valence-electron chi connectivity index (χ2n) is 8.18. The van der Waals surface area contributed by atoms with Crippen LogP contribution in [0, 0.1) is 5.41 Å². The molecule has 0 atom stereocenters. The summed E-state index contributed by atoms with van der Waals surface area (Å²) in [7, 11) is 0. The van der Waals surface area contributed by atoms with Gasteiger partial charge in [-0.1, -0.05) is 79.1 Å². The summed E-state index contributed by atoms with van der Waals surface area (Å²) >= 11 is 0. The number of hydrogen-bond acceptors (Lipinski definition) is 1. The molecule has 0 aliphatic carbocycles. The van der Waals surface area contributed by atoms with Gasteiger partial charge in [-0.05, 0) is 38.0 Å². The molecule has 0 aromatic heterocycles. The number of likely N-dealkylation sites (tertiary alicyclic amines) is 1. The monoisotopic (exact) mass is 309 g/mol. The second kappa shape index (κ2) is 9.96. The minimum Gasteiger partial charge on any atom is -0.297 e. The molecule has 0 spiro atoms. The zero-order chi connectivity index (χ0) is 16.5. The maximum atomic E-state index is 2.85. The molecule has 1 aliphatic heterocycles. The minimum absolute atomic E-state index is 0.481. The summed E-state index contributed by atoms with van der Waals surface area (Å²) in [5.74, 6) is 0. The molecule has 0 bridgehead atoms. The van der Waals surface area contributed by atoms with Crippen LogP contribution in [0.2, 0.25) is 0 Å². The smallest absolute Gasteiger partial charge is 0.0181 e. The Morgan fingerprint density at radius 1 is 0.727 bits per heavy atom. The molecular weight excluding hydrogens is 266 g/mol. The van der Waals surface area contributed by atoms with Crippen LogP contribution in [0.25, 0.3) is 0 Å². The van der Waals surface area contributed by atoms with Gasteiger partial charge in [0.25, 0.3) is 0 Å². The fourth-order valence-electron chi connectivity index (χ4n) is 4.15. The van der Waals surface area contributed by atoms with E-state index in [1.807, 2.05) is 0 Å². The quantitative estimate of drug-likeness (QED) is 0.338. The van der Waals surface area contributed by atoms with Gasteiger partial charge in [-0.15, -0.1) is 0 Å². The van der Waals surface area contributed by atoms with E-state index in [4.69, 9.17) is 0 Å². The Bertz CT molecular complexity index is 260. The number of rotatable bonds is 13. The molecule has 0 radical (unpaired) electrons. The average molecular weight is 310 g/mol. The first-order chi connectivity index (χ1) is 10.6. The van der Waals surface area contributed by atoms with E-state index in [0.717, 1.165) is 0 Å². The molecule has 0 aromatic rings. The van der Waals surface area contributed by atoms with Gasteiger partial charge in [-0.2, -0.15) is 0 Å². The molecular formula is C21H43N. The van der Waals surface area contributed by atoms with E-state index in [-0.39, 0.29) is 0 Å². The van der Waals surface area contributed by atoms with Gasteiger partial charge in [-0.25, -0.2) is 0 Å². The minimum atomic E-state index is 0.481. The van der Waals surface area contributed by atoms with Crippen molar-refractivity contribution in [3.63, 3.8) is 0 Å². The van der Waals surface area contributed by atoms with Crippen molar-refractivity contribution in [3.05, 3.63) is 0 Å². The van der Waals surface area contributed by atoms with Gasteiger partial charge >= 0.3 is 0 Å². The summed E-state index contributed by atoms with van der Waals surface area (Å²) in [6.45, 7) is 14.7. The Balaban J connectivity index is 2.50. The molecule has 0 unspecified atom stereocenters. The zero-order valence-electron chi connectivity index (χ0n) is 16.3. The van der Waals surface area contributed by atoms with Gasteiger partial charge in [0.2, 0.25) is 0 Å². The Morgan fingerprint density at radius 2 is 1.18 bits per heavy atom.